The van der Waals surface area contributed by atoms with Gasteiger partial charge in [-0.1, -0.05) is 30.3 Å². The number of hydrogen-bond acceptors (Lipinski definition) is 4. The second kappa shape index (κ2) is 9.26. The van der Waals surface area contributed by atoms with Gasteiger partial charge < -0.3 is 19.9 Å². The van der Waals surface area contributed by atoms with E-state index in [2.05, 4.69) is 42.3 Å². The number of aryl methyl sites for hydroxylation is 1. The Morgan fingerprint density at radius 1 is 0.964 bits per heavy atom. The van der Waals surface area contributed by atoms with Crippen LogP contribution in [0.5, 0.6) is 5.75 Å². The zero-order valence-corrected chi connectivity index (χ0v) is 16.5. The number of nitrogens with one attached hydrogen (secondary N) is 1. The maximum Gasteiger partial charge on any atom is 0.258 e. The van der Waals surface area contributed by atoms with E-state index in [4.69, 9.17) is 4.74 Å². The lowest BCUT2D eigenvalue weighted by molar-refractivity contribution is -0.133. The molecule has 0 aliphatic carbocycles. The second-order valence-electron chi connectivity index (χ2n) is 6.97. The van der Waals surface area contributed by atoms with Crippen molar-refractivity contribution in [3.63, 3.8) is 0 Å². The van der Waals surface area contributed by atoms with Gasteiger partial charge in [-0.2, -0.15) is 0 Å². The van der Waals surface area contributed by atoms with Crippen LogP contribution in [0.1, 0.15) is 11.1 Å². The predicted molar refractivity (Wildman–Crippen MR) is 110 cm³/mol. The molecule has 6 nitrogen and oxygen atoms in total. The van der Waals surface area contributed by atoms with Crippen LogP contribution in [0.4, 0.5) is 5.69 Å². The molecule has 0 aromatic heterocycles. The summed E-state index contributed by atoms with van der Waals surface area (Å²) in [5.74, 6) is 0.270. The Bertz CT molecular complexity index is 815. The van der Waals surface area contributed by atoms with E-state index in [-0.39, 0.29) is 25.0 Å². The van der Waals surface area contributed by atoms with E-state index in [1.54, 1.807) is 17.0 Å². The largest absolute Gasteiger partial charge is 0.484 e. The molecule has 6 heteroatoms. The molecule has 2 amide bonds. The number of para-hydroxylation sites is 1. The fourth-order valence-corrected chi connectivity index (χ4v) is 3.28. The lowest BCUT2D eigenvalue weighted by Crippen LogP contribution is -2.51. The van der Waals surface area contributed by atoms with Crippen molar-refractivity contribution < 1.29 is 14.3 Å². The smallest absolute Gasteiger partial charge is 0.258 e. The first-order chi connectivity index (χ1) is 13.5. The van der Waals surface area contributed by atoms with Crippen molar-refractivity contribution in [1.82, 2.24) is 10.2 Å². The second-order valence-corrected chi connectivity index (χ2v) is 6.97. The lowest BCUT2D eigenvalue weighted by atomic mass is 10.1. The number of rotatable bonds is 6. The van der Waals surface area contributed by atoms with E-state index in [1.165, 1.54) is 16.8 Å². The van der Waals surface area contributed by atoms with Gasteiger partial charge in [0.15, 0.2) is 6.61 Å². The van der Waals surface area contributed by atoms with Crippen LogP contribution < -0.4 is 15.0 Å². The summed E-state index contributed by atoms with van der Waals surface area (Å²) in [5.41, 5.74) is 3.79. The zero-order chi connectivity index (χ0) is 19.9. The van der Waals surface area contributed by atoms with Gasteiger partial charge in [0, 0.05) is 31.9 Å². The summed E-state index contributed by atoms with van der Waals surface area (Å²) >= 11 is 0. The highest BCUT2D eigenvalue weighted by molar-refractivity contribution is 5.85. The summed E-state index contributed by atoms with van der Waals surface area (Å²) in [4.78, 5) is 28.4. The maximum absolute atomic E-state index is 12.4. The minimum atomic E-state index is -0.300. The Balaban J connectivity index is 1.41. The Morgan fingerprint density at radius 2 is 1.68 bits per heavy atom. The molecule has 148 valence electrons. The fraction of sp³-hybridized carbons (Fsp3) is 0.364. The molecule has 0 bridgehead atoms. The van der Waals surface area contributed by atoms with Crippen molar-refractivity contribution in [1.29, 1.82) is 0 Å². The number of piperazine rings is 1. The van der Waals surface area contributed by atoms with Crippen LogP contribution in [-0.4, -0.2) is 56.0 Å². The van der Waals surface area contributed by atoms with Crippen molar-refractivity contribution in [2.24, 2.45) is 0 Å². The molecule has 0 spiro atoms. The summed E-state index contributed by atoms with van der Waals surface area (Å²) < 4.78 is 5.39. The van der Waals surface area contributed by atoms with Gasteiger partial charge in [-0.3, -0.25) is 9.59 Å². The number of anilines is 1. The van der Waals surface area contributed by atoms with Crippen LogP contribution in [-0.2, 0) is 9.59 Å². The fourth-order valence-electron chi connectivity index (χ4n) is 3.28. The first-order valence-corrected chi connectivity index (χ1v) is 9.58. The number of ether oxygens (including phenoxy) is 1. The molecule has 0 saturated carbocycles. The van der Waals surface area contributed by atoms with Crippen LogP contribution in [0.15, 0.2) is 48.5 Å². The minimum Gasteiger partial charge on any atom is -0.484 e. The van der Waals surface area contributed by atoms with Gasteiger partial charge in [0.25, 0.3) is 5.91 Å². The Labute approximate surface area is 166 Å². The lowest BCUT2D eigenvalue weighted by Gasteiger charge is -2.37. The molecule has 1 fully saturated rings. The standard InChI is InChI=1S/C22H27N3O3/c1-17-7-6-10-20(18(17)2)24-11-13-25(14-12-24)22(27)15-23-21(26)16-28-19-8-4-3-5-9-19/h3-10H,11-16H2,1-2H3,(H,23,26). The number of hydrogen-bond donors (Lipinski definition) is 1. The van der Waals surface area contributed by atoms with Crippen LogP contribution in [0.3, 0.4) is 0 Å². The molecule has 3 rings (SSSR count). The summed E-state index contributed by atoms with van der Waals surface area (Å²) in [5, 5.41) is 2.64. The zero-order valence-electron chi connectivity index (χ0n) is 16.5. The van der Waals surface area contributed by atoms with Crippen LogP contribution >= 0.6 is 0 Å². The molecular formula is C22H27N3O3. The van der Waals surface area contributed by atoms with Gasteiger partial charge in [0.1, 0.15) is 5.75 Å². The molecule has 2 aromatic rings. The van der Waals surface area contributed by atoms with E-state index in [0.29, 0.717) is 18.8 Å². The number of carbonyl (C=O) groups is 2. The molecule has 1 saturated heterocycles. The Kier molecular flexibility index (Phi) is 6.53. The van der Waals surface area contributed by atoms with Crippen LogP contribution in [0, 0.1) is 13.8 Å². The van der Waals surface area contributed by atoms with E-state index in [0.717, 1.165) is 13.1 Å². The summed E-state index contributed by atoms with van der Waals surface area (Å²) in [6.07, 6.45) is 0. The van der Waals surface area contributed by atoms with Gasteiger partial charge in [0.2, 0.25) is 5.91 Å². The van der Waals surface area contributed by atoms with E-state index < -0.39 is 0 Å². The summed E-state index contributed by atoms with van der Waals surface area (Å²) in [6, 6.07) is 15.5. The predicted octanol–water partition coefficient (Wildman–Crippen LogP) is 2.15. The van der Waals surface area contributed by atoms with Crippen molar-refractivity contribution >= 4 is 17.5 Å². The van der Waals surface area contributed by atoms with E-state index in [1.807, 2.05) is 18.2 Å². The SMILES string of the molecule is Cc1cccc(N2CCN(C(=O)CNC(=O)COc3ccccc3)CC2)c1C. The van der Waals surface area contributed by atoms with E-state index in [9.17, 15) is 9.59 Å². The average molecular weight is 381 g/mol. The van der Waals surface area contributed by atoms with Crippen molar-refractivity contribution in [3.8, 4) is 5.75 Å². The molecular weight excluding hydrogens is 354 g/mol. The van der Waals surface area contributed by atoms with Gasteiger partial charge in [-0.25, -0.2) is 0 Å². The van der Waals surface area contributed by atoms with Gasteiger partial charge in [-0.05, 0) is 43.2 Å². The molecule has 28 heavy (non-hydrogen) atoms. The third-order valence-electron chi connectivity index (χ3n) is 5.10. The van der Waals surface area contributed by atoms with Crippen molar-refractivity contribution in [2.75, 3.05) is 44.2 Å². The molecule has 1 aliphatic rings. The first-order valence-electron chi connectivity index (χ1n) is 9.58. The highest BCUT2D eigenvalue weighted by Crippen LogP contribution is 2.23. The molecule has 1 aliphatic heterocycles. The molecule has 0 unspecified atom stereocenters. The Hall–Kier alpha value is -3.02. The first kappa shape index (κ1) is 19.7. The third kappa shape index (κ3) is 5.03. The van der Waals surface area contributed by atoms with Gasteiger partial charge in [0.05, 0.1) is 6.54 Å². The number of amides is 2. The quantitative estimate of drug-likeness (QED) is 0.833. The monoisotopic (exact) mass is 381 g/mol. The van der Waals surface area contributed by atoms with Crippen LogP contribution in [0.2, 0.25) is 0 Å². The van der Waals surface area contributed by atoms with Crippen molar-refractivity contribution in [3.05, 3.63) is 59.7 Å². The van der Waals surface area contributed by atoms with E-state index >= 15 is 0 Å². The van der Waals surface area contributed by atoms with Crippen LogP contribution in [0.25, 0.3) is 0 Å². The van der Waals surface area contributed by atoms with Crippen molar-refractivity contribution in [2.45, 2.75) is 13.8 Å². The average Bonchev–Trinajstić information content (AvgIpc) is 2.73. The molecule has 1 heterocycles. The number of benzene rings is 2. The molecule has 0 radical (unpaired) electrons. The molecule has 0 atom stereocenters. The highest BCUT2D eigenvalue weighted by atomic mass is 16.5. The number of nitrogens with zero attached hydrogens (tertiary/aromatic N) is 2. The van der Waals surface area contributed by atoms with Gasteiger partial charge >= 0.3 is 0 Å². The molecule has 1 N–H and O–H groups in total. The third-order valence-corrected chi connectivity index (χ3v) is 5.10. The highest BCUT2D eigenvalue weighted by Gasteiger charge is 2.22. The summed E-state index contributed by atoms with van der Waals surface area (Å²) in [6.45, 7) is 7.05. The van der Waals surface area contributed by atoms with Gasteiger partial charge in [-0.15, -0.1) is 0 Å². The summed E-state index contributed by atoms with van der Waals surface area (Å²) in [7, 11) is 0. The minimum absolute atomic E-state index is 0.000452. The topological polar surface area (TPSA) is 61.9 Å². The molecule has 2 aromatic carbocycles. The Morgan fingerprint density at radius 3 is 2.39 bits per heavy atom. The normalized spacial score (nSPS) is 13.9. The maximum atomic E-state index is 12.4. The number of carbonyl (C=O) groups excluding carboxylic acids is 2.